The zero-order valence-electron chi connectivity index (χ0n) is 13.3. The van der Waals surface area contributed by atoms with E-state index in [1.165, 1.54) is 37.1 Å². The molecule has 2 unspecified atom stereocenters. The minimum Gasteiger partial charge on any atom is -0.496 e. The van der Waals surface area contributed by atoms with E-state index in [1.807, 2.05) is 7.05 Å². The van der Waals surface area contributed by atoms with Crippen molar-refractivity contribution in [1.82, 2.24) is 5.32 Å². The normalized spacial score (nSPS) is 20.8. The molecule has 0 amide bonds. The number of piperidine rings is 1. The molecule has 0 bridgehead atoms. The molecule has 0 aliphatic carbocycles. The molecule has 1 aromatic rings. The Balaban J connectivity index is 2.34. The second-order valence-corrected chi connectivity index (χ2v) is 5.77. The standard InChI is InChI=1S/C17H28N2O/c1-5-14-8-7-11-19(12-14)15-9-6-10-16(20-4)17(15)13(2)18-3/h6,9-10,13-14,18H,5,7-8,11-12H2,1-4H3. The second-order valence-electron chi connectivity index (χ2n) is 5.77. The van der Waals surface area contributed by atoms with Crippen LogP contribution in [-0.4, -0.2) is 27.2 Å². The molecule has 1 aliphatic heterocycles. The van der Waals surface area contributed by atoms with E-state index in [2.05, 4.69) is 42.3 Å². The van der Waals surface area contributed by atoms with Crippen molar-refractivity contribution in [3.63, 3.8) is 0 Å². The second kappa shape index (κ2) is 6.98. The summed E-state index contributed by atoms with van der Waals surface area (Å²) in [7, 11) is 3.77. The Morgan fingerprint density at radius 2 is 2.25 bits per heavy atom. The fraction of sp³-hybridized carbons (Fsp3) is 0.647. The molecule has 0 aromatic heterocycles. The van der Waals surface area contributed by atoms with E-state index >= 15 is 0 Å². The summed E-state index contributed by atoms with van der Waals surface area (Å²) in [5, 5.41) is 3.35. The molecule has 1 heterocycles. The summed E-state index contributed by atoms with van der Waals surface area (Å²) in [4.78, 5) is 2.54. The molecule has 0 radical (unpaired) electrons. The Morgan fingerprint density at radius 1 is 1.45 bits per heavy atom. The number of anilines is 1. The first-order chi connectivity index (χ1) is 9.71. The molecule has 2 rings (SSSR count). The lowest BCUT2D eigenvalue weighted by Crippen LogP contribution is -2.36. The van der Waals surface area contributed by atoms with Gasteiger partial charge in [0.25, 0.3) is 0 Å². The van der Waals surface area contributed by atoms with Crippen LogP contribution in [0.5, 0.6) is 5.75 Å². The van der Waals surface area contributed by atoms with Gasteiger partial charge in [0.05, 0.1) is 7.11 Å². The highest BCUT2D eigenvalue weighted by atomic mass is 16.5. The van der Waals surface area contributed by atoms with Crippen LogP contribution in [0.15, 0.2) is 18.2 Å². The highest BCUT2D eigenvalue weighted by Gasteiger charge is 2.23. The van der Waals surface area contributed by atoms with Crippen molar-refractivity contribution in [2.45, 2.75) is 39.2 Å². The Labute approximate surface area is 123 Å². The fourth-order valence-corrected chi connectivity index (χ4v) is 3.18. The molecular formula is C17H28N2O. The Hall–Kier alpha value is -1.22. The van der Waals surface area contributed by atoms with Crippen molar-refractivity contribution in [2.24, 2.45) is 5.92 Å². The number of nitrogens with one attached hydrogen (secondary N) is 1. The Morgan fingerprint density at radius 3 is 2.90 bits per heavy atom. The van der Waals surface area contributed by atoms with Gasteiger partial charge >= 0.3 is 0 Å². The third kappa shape index (κ3) is 3.09. The van der Waals surface area contributed by atoms with Crippen LogP contribution >= 0.6 is 0 Å². The third-order valence-electron chi connectivity index (χ3n) is 4.57. The number of methoxy groups -OCH3 is 1. The summed E-state index contributed by atoms with van der Waals surface area (Å²) < 4.78 is 5.59. The largest absolute Gasteiger partial charge is 0.496 e. The molecule has 1 fully saturated rings. The summed E-state index contributed by atoms with van der Waals surface area (Å²) in [6, 6.07) is 6.70. The van der Waals surface area contributed by atoms with E-state index in [9.17, 15) is 0 Å². The number of ether oxygens (including phenoxy) is 1. The number of hydrogen-bond donors (Lipinski definition) is 1. The van der Waals surface area contributed by atoms with Gasteiger partial charge in [-0.1, -0.05) is 19.4 Å². The molecule has 1 saturated heterocycles. The van der Waals surface area contributed by atoms with Crippen molar-refractivity contribution in [2.75, 3.05) is 32.1 Å². The van der Waals surface area contributed by atoms with Crippen LogP contribution in [0.1, 0.15) is 44.7 Å². The van der Waals surface area contributed by atoms with Crippen LogP contribution in [0.4, 0.5) is 5.69 Å². The van der Waals surface area contributed by atoms with Gasteiger partial charge in [-0.2, -0.15) is 0 Å². The van der Waals surface area contributed by atoms with Crippen LogP contribution in [-0.2, 0) is 0 Å². The molecule has 1 N–H and O–H groups in total. The van der Waals surface area contributed by atoms with Crippen LogP contribution in [0.3, 0.4) is 0 Å². The highest BCUT2D eigenvalue weighted by molar-refractivity contribution is 5.61. The monoisotopic (exact) mass is 276 g/mol. The van der Waals surface area contributed by atoms with Gasteiger partial charge in [-0.3, -0.25) is 0 Å². The number of benzene rings is 1. The summed E-state index contributed by atoms with van der Waals surface area (Å²) in [5.74, 6) is 1.82. The first kappa shape index (κ1) is 15.2. The van der Waals surface area contributed by atoms with Crippen molar-refractivity contribution >= 4 is 5.69 Å². The predicted octanol–water partition coefficient (Wildman–Crippen LogP) is 3.60. The van der Waals surface area contributed by atoms with E-state index in [-0.39, 0.29) is 0 Å². The number of rotatable bonds is 5. The van der Waals surface area contributed by atoms with Gasteiger partial charge in [0.1, 0.15) is 5.75 Å². The van der Waals surface area contributed by atoms with Gasteiger partial charge in [-0.15, -0.1) is 0 Å². The fourth-order valence-electron chi connectivity index (χ4n) is 3.18. The van der Waals surface area contributed by atoms with Crippen molar-refractivity contribution in [3.8, 4) is 5.75 Å². The van der Waals surface area contributed by atoms with Crippen molar-refractivity contribution in [1.29, 1.82) is 0 Å². The molecule has 1 aliphatic rings. The predicted molar refractivity (Wildman–Crippen MR) is 85.7 cm³/mol. The third-order valence-corrected chi connectivity index (χ3v) is 4.57. The van der Waals surface area contributed by atoms with E-state index in [0.29, 0.717) is 6.04 Å². The topological polar surface area (TPSA) is 24.5 Å². The molecule has 3 nitrogen and oxygen atoms in total. The summed E-state index contributed by atoms with van der Waals surface area (Å²) >= 11 is 0. The molecule has 20 heavy (non-hydrogen) atoms. The summed E-state index contributed by atoms with van der Waals surface area (Å²) in [5.41, 5.74) is 2.62. The Kier molecular flexibility index (Phi) is 5.30. The van der Waals surface area contributed by atoms with Gasteiger partial charge < -0.3 is 15.0 Å². The van der Waals surface area contributed by atoms with Crippen LogP contribution in [0.25, 0.3) is 0 Å². The number of nitrogens with zero attached hydrogens (tertiary/aromatic N) is 1. The Bertz CT molecular complexity index is 433. The average molecular weight is 276 g/mol. The average Bonchev–Trinajstić information content (AvgIpc) is 2.53. The van der Waals surface area contributed by atoms with E-state index in [1.54, 1.807) is 7.11 Å². The molecular weight excluding hydrogens is 248 g/mol. The first-order valence-electron chi connectivity index (χ1n) is 7.80. The van der Waals surface area contributed by atoms with Crippen molar-refractivity contribution < 1.29 is 4.74 Å². The summed E-state index contributed by atoms with van der Waals surface area (Å²) in [6.07, 6.45) is 3.94. The van der Waals surface area contributed by atoms with E-state index in [4.69, 9.17) is 4.74 Å². The van der Waals surface area contributed by atoms with Crippen LogP contribution < -0.4 is 15.0 Å². The molecule has 1 aromatic carbocycles. The maximum Gasteiger partial charge on any atom is 0.125 e. The SMILES string of the molecule is CCC1CCCN(c2cccc(OC)c2C(C)NC)C1. The van der Waals surface area contributed by atoms with Crippen LogP contribution in [0.2, 0.25) is 0 Å². The minimum atomic E-state index is 0.295. The van der Waals surface area contributed by atoms with Gasteiger partial charge in [-0.25, -0.2) is 0 Å². The highest BCUT2D eigenvalue weighted by Crippen LogP contribution is 2.36. The quantitative estimate of drug-likeness (QED) is 0.889. The lowest BCUT2D eigenvalue weighted by Gasteiger charge is -2.36. The summed E-state index contributed by atoms with van der Waals surface area (Å²) in [6.45, 7) is 6.83. The van der Waals surface area contributed by atoms with E-state index < -0.39 is 0 Å². The minimum absolute atomic E-state index is 0.295. The van der Waals surface area contributed by atoms with Gasteiger partial charge in [0.15, 0.2) is 0 Å². The molecule has 2 atom stereocenters. The molecule has 112 valence electrons. The zero-order chi connectivity index (χ0) is 14.5. The molecule has 0 spiro atoms. The first-order valence-corrected chi connectivity index (χ1v) is 7.80. The van der Waals surface area contributed by atoms with Gasteiger partial charge in [0.2, 0.25) is 0 Å². The maximum absolute atomic E-state index is 5.59. The molecule has 3 heteroatoms. The van der Waals surface area contributed by atoms with E-state index in [0.717, 1.165) is 18.2 Å². The molecule has 0 saturated carbocycles. The smallest absolute Gasteiger partial charge is 0.125 e. The maximum atomic E-state index is 5.59. The lowest BCUT2D eigenvalue weighted by atomic mass is 9.94. The van der Waals surface area contributed by atoms with Crippen LogP contribution in [0, 0.1) is 5.92 Å². The van der Waals surface area contributed by atoms with Gasteiger partial charge in [-0.05, 0) is 44.9 Å². The van der Waals surface area contributed by atoms with Crippen molar-refractivity contribution in [3.05, 3.63) is 23.8 Å². The van der Waals surface area contributed by atoms with Gasteiger partial charge in [0, 0.05) is 30.4 Å². The lowest BCUT2D eigenvalue weighted by molar-refractivity contribution is 0.394. The zero-order valence-corrected chi connectivity index (χ0v) is 13.3. The number of hydrogen-bond acceptors (Lipinski definition) is 3.